The van der Waals surface area contributed by atoms with Crippen LogP contribution in [0.2, 0.25) is 0 Å². The van der Waals surface area contributed by atoms with Crippen LogP contribution in [0, 0.1) is 0 Å². The van der Waals surface area contributed by atoms with E-state index in [0.29, 0.717) is 5.57 Å². The molecule has 1 N–H and O–H groups in total. The van der Waals surface area contributed by atoms with Crippen LogP contribution in [-0.2, 0) is 9.32 Å². The van der Waals surface area contributed by atoms with E-state index in [1.54, 1.807) is 0 Å². The summed E-state index contributed by atoms with van der Waals surface area (Å²) in [5.41, 5.74) is 0.298. The van der Waals surface area contributed by atoms with Crippen LogP contribution in [0.25, 0.3) is 0 Å². The average Bonchev–Trinajstić information content (AvgIpc) is 1.67. The zero-order valence-electron chi connectivity index (χ0n) is 4.47. The molecule has 0 aromatic heterocycles. The van der Waals surface area contributed by atoms with Crippen molar-refractivity contribution in [2.75, 3.05) is 0 Å². The molecule has 3 nitrogen and oxygen atoms in total. The summed E-state index contributed by atoms with van der Waals surface area (Å²) in [6.07, 6.45) is 0. The van der Waals surface area contributed by atoms with Gasteiger partial charge in [-0.1, -0.05) is 6.58 Å². The average molecular weight is 134 g/mol. The van der Waals surface area contributed by atoms with Crippen molar-refractivity contribution >= 4 is 15.0 Å². The molecule has 0 amide bonds. The second-order valence-corrected chi connectivity index (χ2v) is 1.65. The SMILES string of the molecule is C=C(C)C(=O)OPO. The lowest BCUT2D eigenvalue weighted by Crippen LogP contribution is -1.96. The van der Waals surface area contributed by atoms with Crippen LogP contribution in [0.3, 0.4) is 0 Å². The normalized spacial score (nSPS) is 9.75. The fraction of sp³-hybridized carbons (Fsp3) is 0.250. The minimum absolute atomic E-state index is 0.298. The van der Waals surface area contributed by atoms with Crippen LogP contribution in [-0.4, -0.2) is 10.9 Å². The Morgan fingerprint density at radius 2 is 2.38 bits per heavy atom. The number of carbonyl (C=O) groups is 1. The molecule has 0 bridgehead atoms. The van der Waals surface area contributed by atoms with E-state index in [4.69, 9.17) is 4.89 Å². The number of rotatable bonds is 2. The smallest absolute Gasteiger partial charge is 0.337 e. The molecule has 0 aliphatic carbocycles. The van der Waals surface area contributed by atoms with Gasteiger partial charge in [-0.25, -0.2) is 4.79 Å². The molecule has 4 heteroatoms. The first-order chi connectivity index (χ1) is 3.68. The monoisotopic (exact) mass is 134 g/mol. The van der Waals surface area contributed by atoms with Crippen LogP contribution in [0.5, 0.6) is 0 Å². The van der Waals surface area contributed by atoms with E-state index in [1.807, 2.05) is 0 Å². The molecule has 0 aromatic carbocycles. The Hall–Kier alpha value is -0.400. The van der Waals surface area contributed by atoms with Gasteiger partial charge in [0.15, 0.2) is 0 Å². The molecule has 0 rings (SSSR count). The molecule has 0 heterocycles. The highest BCUT2D eigenvalue weighted by Crippen LogP contribution is 2.06. The van der Waals surface area contributed by atoms with E-state index in [0.717, 1.165) is 0 Å². The zero-order valence-corrected chi connectivity index (χ0v) is 5.47. The van der Waals surface area contributed by atoms with Gasteiger partial charge in [-0.05, 0) is 6.92 Å². The topological polar surface area (TPSA) is 46.5 Å². The maximum Gasteiger partial charge on any atom is 0.337 e. The molecule has 0 saturated carbocycles. The summed E-state index contributed by atoms with van der Waals surface area (Å²) in [7, 11) is -0.779. The second kappa shape index (κ2) is 3.58. The number of carbonyl (C=O) groups excluding carboxylic acids is 1. The Balaban J connectivity index is 3.49. The van der Waals surface area contributed by atoms with Crippen molar-refractivity contribution in [3.63, 3.8) is 0 Å². The lowest BCUT2D eigenvalue weighted by atomic mass is 10.4. The van der Waals surface area contributed by atoms with Gasteiger partial charge in [0, 0.05) is 5.57 Å². The second-order valence-electron chi connectivity index (χ2n) is 1.26. The summed E-state index contributed by atoms with van der Waals surface area (Å²) in [4.78, 5) is 18.3. The first kappa shape index (κ1) is 7.60. The van der Waals surface area contributed by atoms with E-state index in [1.165, 1.54) is 6.92 Å². The van der Waals surface area contributed by atoms with Gasteiger partial charge in [-0.15, -0.1) is 0 Å². The minimum atomic E-state index is -0.779. The highest BCUT2D eigenvalue weighted by atomic mass is 31.1. The number of hydrogen-bond acceptors (Lipinski definition) is 3. The summed E-state index contributed by atoms with van der Waals surface area (Å²) in [5.74, 6) is -0.550. The quantitative estimate of drug-likeness (QED) is 0.444. The third kappa shape index (κ3) is 2.72. The molecule has 0 aliphatic heterocycles. The number of hydrogen-bond donors (Lipinski definition) is 1. The lowest BCUT2D eigenvalue weighted by Gasteiger charge is -1.94. The summed E-state index contributed by atoms with van der Waals surface area (Å²) >= 11 is 0. The van der Waals surface area contributed by atoms with Crippen molar-refractivity contribution < 1.29 is 14.2 Å². The molecular weight excluding hydrogens is 127 g/mol. The van der Waals surface area contributed by atoms with Gasteiger partial charge in [0.25, 0.3) is 0 Å². The summed E-state index contributed by atoms with van der Waals surface area (Å²) < 4.78 is 4.15. The first-order valence-corrected chi connectivity index (χ1v) is 2.79. The van der Waals surface area contributed by atoms with Gasteiger partial charge in [0.05, 0.1) is 0 Å². The van der Waals surface area contributed by atoms with Crippen LogP contribution >= 0.6 is 9.03 Å². The zero-order chi connectivity index (χ0) is 6.57. The Labute approximate surface area is 49.3 Å². The van der Waals surface area contributed by atoms with Gasteiger partial charge in [-0.3, -0.25) is 0 Å². The third-order valence-electron chi connectivity index (χ3n) is 0.487. The first-order valence-electron chi connectivity index (χ1n) is 1.94. The van der Waals surface area contributed by atoms with Crippen molar-refractivity contribution in [3.05, 3.63) is 12.2 Å². The summed E-state index contributed by atoms with van der Waals surface area (Å²) in [6, 6.07) is 0. The van der Waals surface area contributed by atoms with Gasteiger partial charge in [0.2, 0.25) is 9.03 Å². The summed E-state index contributed by atoms with van der Waals surface area (Å²) in [6.45, 7) is 4.81. The van der Waals surface area contributed by atoms with Crippen LogP contribution in [0.15, 0.2) is 12.2 Å². The Morgan fingerprint density at radius 3 is 2.50 bits per heavy atom. The molecule has 1 unspecified atom stereocenters. The predicted molar refractivity (Wildman–Crippen MR) is 31.4 cm³/mol. The van der Waals surface area contributed by atoms with Crippen molar-refractivity contribution in [2.45, 2.75) is 6.92 Å². The van der Waals surface area contributed by atoms with Gasteiger partial charge < -0.3 is 9.42 Å². The van der Waals surface area contributed by atoms with Gasteiger partial charge in [-0.2, -0.15) is 0 Å². The molecule has 0 radical (unpaired) electrons. The van der Waals surface area contributed by atoms with Crippen molar-refractivity contribution in [1.29, 1.82) is 0 Å². The van der Waals surface area contributed by atoms with E-state index in [9.17, 15) is 4.79 Å². The van der Waals surface area contributed by atoms with Crippen molar-refractivity contribution in [2.24, 2.45) is 0 Å². The molecule has 0 aromatic rings. The molecule has 8 heavy (non-hydrogen) atoms. The van der Waals surface area contributed by atoms with Gasteiger partial charge in [0.1, 0.15) is 0 Å². The molecule has 0 fully saturated rings. The van der Waals surface area contributed by atoms with Gasteiger partial charge >= 0.3 is 5.97 Å². The van der Waals surface area contributed by atoms with Crippen LogP contribution in [0.1, 0.15) is 6.92 Å². The highest BCUT2D eigenvalue weighted by Gasteiger charge is 1.99. The fourth-order valence-electron chi connectivity index (χ4n) is 0.129. The standard InChI is InChI=1S/C4H7O3P/c1-3(2)4(5)7-8-6/h6,8H,1H2,2H3. The molecule has 0 saturated heterocycles. The molecule has 46 valence electrons. The Kier molecular flexibility index (Phi) is 3.40. The van der Waals surface area contributed by atoms with Crippen molar-refractivity contribution in [3.8, 4) is 0 Å². The third-order valence-corrected chi connectivity index (χ3v) is 0.763. The highest BCUT2D eigenvalue weighted by molar-refractivity contribution is 7.25. The largest absolute Gasteiger partial charge is 0.416 e. The lowest BCUT2D eigenvalue weighted by molar-refractivity contribution is -0.129. The predicted octanol–water partition coefficient (Wildman–Crippen LogP) is 0.606. The van der Waals surface area contributed by atoms with E-state index in [2.05, 4.69) is 11.1 Å². The maximum absolute atomic E-state index is 10.3. The molecule has 1 atom stereocenters. The Bertz CT molecular complexity index is 110. The van der Waals surface area contributed by atoms with E-state index in [-0.39, 0.29) is 0 Å². The van der Waals surface area contributed by atoms with Crippen LogP contribution < -0.4 is 0 Å². The molecule has 0 spiro atoms. The fourth-order valence-corrected chi connectivity index (χ4v) is 0.386. The molecule has 0 aliphatic rings. The Morgan fingerprint density at radius 1 is 1.88 bits per heavy atom. The minimum Gasteiger partial charge on any atom is -0.416 e. The summed E-state index contributed by atoms with van der Waals surface area (Å²) in [5, 5.41) is 0. The van der Waals surface area contributed by atoms with Crippen molar-refractivity contribution in [1.82, 2.24) is 0 Å². The van der Waals surface area contributed by atoms with E-state index < -0.39 is 15.0 Å². The molecular formula is C4H7O3P. The van der Waals surface area contributed by atoms with E-state index >= 15 is 0 Å². The maximum atomic E-state index is 10.3. The van der Waals surface area contributed by atoms with Crippen LogP contribution in [0.4, 0.5) is 0 Å².